The molecule has 70 valence electrons. The fourth-order valence-corrected chi connectivity index (χ4v) is 1.73. The molecule has 1 rings (SSSR count). The Morgan fingerprint density at radius 2 is 1.83 bits per heavy atom. The average molecular weight is 169 g/mol. The van der Waals surface area contributed by atoms with Crippen LogP contribution in [0.4, 0.5) is 0 Å². The van der Waals surface area contributed by atoms with Gasteiger partial charge in [-0.15, -0.1) is 0 Å². The Hall–Kier alpha value is -0.370. The van der Waals surface area contributed by atoms with Crippen LogP contribution in [-0.4, -0.2) is 30.8 Å². The average Bonchev–Trinajstić information content (AvgIpc) is 2.06. The molecule has 0 aromatic carbocycles. The fourth-order valence-electron chi connectivity index (χ4n) is 1.73. The van der Waals surface area contributed by atoms with Crippen LogP contribution in [0.25, 0.3) is 0 Å². The molecule has 1 fully saturated rings. The molecule has 0 saturated carbocycles. The van der Waals surface area contributed by atoms with E-state index in [1.807, 2.05) is 13.8 Å². The lowest BCUT2D eigenvalue weighted by atomic mass is 9.94. The second-order valence-corrected chi connectivity index (χ2v) is 4.44. The molecule has 0 aliphatic carbocycles. The maximum Gasteiger partial charge on any atom is 0.126 e. The summed E-state index contributed by atoms with van der Waals surface area (Å²) < 4.78 is 0. The van der Waals surface area contributed by atoms with Crippen molar-refractivity contribution in [3.05, 3.63) is 0 Å². The molecular weight excluding hydrogens is 150 g/mol. The fraction of sp³-hybridized carbons (Fsp3) is 0.900. The van der Waals surface area contributed by atoms with Crippen molar-refractivity contribution in [1.29, 1.82) is 0 Å². The molecule has 0 amide bonds. The Kier molecular flexibility index (Phi) is 3.27. The highest BCUT2D eigenvalue weighted by molar-refractivity contribution is 5.58. The van der Waals surface area contributed by atoms with Gasteiger partial charge in [-0.1, -0.05) is 20.3 Å². The number of carbonyl (C=O) groups excluding carboxylic acids is 1. The number of likely N-dealkylation sites (tertiary alicyclic amines) is 1. The van der Waals surface area contributed by atoms with E-state index in [1.165, 1.54) is 32.4 Å². The molecule has 1 saturated heterocycles. The molecule has 0 bridgehead atoms. The summed E-state index contributed by atoms with van der Waals surface area (Å²) in [7, 11) is 0. The third kappa shape index (κ3) is 2.94. The van der Waals surface area contributed by atoms with Crippen molar-refractivity contribution >= 4 is 6.29 Å². The number of piperidine rings is 1. The van der Waals surface area contributed by atoms with Gasteiger partial charge in [0.1, 0.15) is 6.29 Å². The Bertz CT molecular complexity index is 148. The molecule has 0 atom stereocenters. The molecule has 0 spiro atoms. The molecule has 1 aliphatic heterocycles. The zero-order valence-electron chi connectivity index (χ0n) is 8.18. The zero-order chi connectivity index (χ0) is 9.03. The number of aldehydes is 1. The van der Waals surface area contributed by atoms with Crippen molar-refractivity contribution in [2.45, 2.75) is 33.1 Å². The Balaban J connectivity index is 2.33. The number of hydrogen-bond acceptors (Lipinski definition) is 2. The van der Waals surface area contributed by atoms with Gasteiger partial charge < -0.3 is 9.69 Å². The van der Waals surface area contributed by atoms with Crippen LogP contribution >= 0.6 is 0 Å². The minimum absolute atomic E-state index is 0.155. The van der Waals surface area contributed by atoms with Crippen LogP contribution in [-0.2, 0) is 4.79 Å². The van der Waals surface area contributed by atoms with Gasteiger partial charge in [0.25, 0.3) is 0 Å². The molecule has 0 aromatic heterocycles. The highest BCUT2D eigenvalue weighted by atomic mass is 16.1. The predicted octanol–water partition coefficient (Wildman–Crippen LogP) is 1.70. The number of carbonyl (C=O) groups is 1. The van der Waals surface area contributed by atoms with Crippen molar-refractivity contribution in [2.24, 2.45) is 5.41 Å². The second kappa shape index (κ2) is 4.04. The van der Waals surface area contributed by atoms with E-state index in [2.05, 4.69) is 4.90 Å². The van der Waals surface area contributed by atoms with Crippen LogP contribution in [0.15, 0.2) is 0 Å². The van der Waals surface area contributed by atoms with Crippen LogP contribution in [0.5, 0.6) is 0 Å². The number of nitrogens with zero attached hydrogens (tertiary/aromatic N) is 1. The molecule has 1 heterocycles. The second-order valence-electron chi connectivity index (χ2n) is 4.44. The van der Waals surface area contributed by atoms with Crippen LogP contribution in [0.3, 0.4) is 0 Å². The lowest BCUT2D eigenvalue weighted by Gasteiger charge is -2.31. The first-order valence-corrected chi connectivity index (χ1v) is 4.83. The van der Waals surface area contributed by atoms with Gasteiger partial charge >= 0.3 is 0 Å². The normalized spacial score (nSPS) is 20.8. The summed E-state index contributed by atoms with van der Waals surface area (Å²) in [6.45, 7) is 7.30. The predicted molar refractivity (Wildman–Crippen MR) is 50.1 cm³/mol. The van der Waals surface area contributed by atoms with Gasteiger partial charge in [-0.05, 0) is 25.9 Å². The Morgan fingerprint density at radius 3 is 2.33 bits per heavy atom. The van der Waals surface area contributed by atoms with Gasteiger partial charge in [-0.2, -0.15) is 0 Å². The molecular formula is C10H19NO. The zero-order valence-corrected chi connectivity index (χ0v) is 8.18. The Labute approximate surface area is 74.9 Å². The van der Waals surface area contributed by atoms with Crippen molar-refractivity contribution < 1.29 is 4.79 Å². The highest BCUT2D eigenvalue weighted by Gasteiger charge is 2.21. The molecule has 2 nitrogen and oxygen atoms in total. The van der Waals surface area contributed by atoms with Crippen molar-refractivity contribution in [3.8, 4) is 0 Å². The first-order valence-electron chi connectivity index (χ1n) is 4.83. The van der Waals surface area contributed by atoms with Crippen LogP contribution in [0, 0.1) is 5.41 Å². The van der Waals surface area contributed by atoms with Gasteiger partial charge in [0.05, 0.1) is 0 Å². The van der Waals surface area contributed by atoms with E-state index in [0.29, 0.717) is 0 Å². The molecule has 12 heavy (non-hydrogen) atoms. The van der Waals surface area contributed by atoms with E-state index in [9.17, 15) is 4.79 Å². The first kappa shape index (κ1) is 9.72. The van der Waals surface area contributed by atoms with Crippen LogP contribution in [0.1, 0.15) is 33.1 Å². The van der Waals surface area contributed by atoms with E-state index in [-0.39, 0.29) is 5.41 Å². The summed E-state index contributed by atoms with van der Waals surface area (Å²) in [6.07, 6.45) is 5.03. The van der Waals surface area contributed by atoms with Crippen molar-refractivity contribution in [2.75, 3.05) is 19.6 Å². The van der Waals surface area contributed by atoms with Gasteiger partial charge in [0, 0.05) is 12.0 Å². The van der Waals surface area contributed by atoms with E-state index in [1.54, 1.807) is 0 Å². The molecule has 0 unspecified atom stereocenters. The quantitative estimate of drug-likeness (QED) is 0.599. The van der Waals surface area contributed by atoms with E-state index in [0.717, 1.165) is 12.8 Å². The molecule has 1 aliphatic rings. The van der Waals surface area contributed by atoms with Crippen LogP contribution < -0.4 is 0 Å². The number of rotatable bonds is 3. The maximum absolute atomic E-state index is 10.7. The van der Waals surface area contributed by atoms with Crippen LogP contribution in [0.2, 0.25) is 0 Å². The smallest absolute Gasteiger partial charge is 0.126 e. The SMILES string of the molecule is CC(C)(C=O)CN1CCCCC1. The lowest BCUT2D eigenvalue weighted by molar-refractivity contribution is -0.115. The molecule has 0 radical (unpaired) electrons. The minimum Gasteiger partial charge on any atom is -0.303 e. The monoisotopic (exact) mass is 169 g/mol. The lowest BCUT2D eigenvalue weighted by Crippen LogP contribution is -2.38. The largest absolute Gasteiger partial charge is 0.303 e. The highest BCUT2D eigenvalue weighted by Crippen LogP contribution is 2.17. The van der Waals surface area contributed by atoms with Crippen molar-refractivity contribution in [1.82, 2.24) is 4.90 Å². The maximum atomic E-state index is 10.7. The van der Waals surface area contributed by atoms with Gasteiger partial charge in [0.15, 0.2) is 0 Å². The van der Waals surface area contributed by atoms with E-state index < -0.39 is 0 Å². The topological polar surface area (TPSA) is 20.3 Å². The third-order valence-electron chi connectivity index (χ3n) is 2.40. The molecule has 0 aromatic rings. The molecule has 2 heteroatoms. The summed E-state index contributed by atoms with van der Waals surface area (Å²) in [5.74, 6) is 0. The van der Waals surface area contributed by atoms with E-state index >= 15 is 0 Å². The first-order chi connectivity index (χ1) is 5.64. The summed E-state index contributed by atoms with van der Waals surface area (Å²) in [5, 5.41) is 0. The van der Waals surface area contributed by atoms with Gasteiger partial charge in [-0.25, -0.2) is 0 Å². The standard InChI is InChI=1S/C10H19NO/c1-10(2,9-12)8-11-6-4-3-5-7-11/h9H,3-8H2,1-2H3. The summed E-state index contributed by atoms with van der Waals surface area (Å²) >= 11 is 0. The Morgan fingerprint density at radius 1 is 1.25 bits per heavy atom. The third-order valence-corrected chi connectivity index (χ3v) is 2.40. The summed E-state index contributed by atoms with van der Waals surface area (Å²) in [4.78, 5) is 13.1. The summed E-state index contributed by atoms with van der Waals surface area (Å²) in [6, 6.07) is 0. The summed E-state index contributed by atoms with van der Waals surface area (Å²) in [5.41, 5.74) is -0.155. The van der Waals surface area contributed by atoms with Gasteiger partial charge in [0.2, 0.25) is 0 Å². The molecule has 0 N–H and O–H groups in total. The minimum atomic E-state index is -0.155. The van der Waals surface area contributed by atoms with Crippen molar-refractivity contribution in [3.63, 3.8) is 0 Å². The number of hydrogen-bond donors (Lipinski definition) is 0. The van der Waals surface area contributed by atoms with E-state index in [4.69, 9.17) is 0 Å². The van der Waals surface area contributed by atoms with Gasteiger partial charge in [-0.3, -0.25) is 0 Å².